The van der Waals surface area contributed by atoms with E-state index in [9.17, 15) is 4.79 Å². The average molecular weight is 173 g/mol. The summed E-state index contributed by atoms with van der Waals surface area (Å²) < 4.78 is 0. The van der Waals surface area contributed by atoms with Crippen molar-refractivity contribution in [3.63, 3.8) is 0 Å². The molecular weight excluding hydrogens is 150 g/mol. The summed E-state index contributed by atoms with van der Waals surface area (Å²) >= 11 is 0. The van der Waals surface area contributed by atoms with Gasteiger partial charge in [-0.05, 0) is 0 Å². The highest BCUT2D eigenvalue weighted by atomic mass is 16.1. The number of hydrogen-bond acceptors (Lipinski definition) is 2. The van der Waals surface area contributed by atoms with Crippen molar-refractivity contribution in [3.8, 4) is 0 Å². The van der Waals surface area contributed by atoms with Gasteiger partial charge in [-0.3, -0.25) is 4.79 Å². The van der Waals surface area contributed by atoms with Crippen LogP contribution in [0.4, 0.5) is 0 Å². The van der Waals surface area contributed by atoms with Crippen molar-refractivity contribution >= 4 is 5.78 Å². The van der Waals surface area contributed by atoms with Gasteiger partial charge in [0.25, 0.3) is 0 Å². The van der Waals surface area contributed by atoms with Crippen LogP contribution in [0.25, 0.3) is 0 Å². The number of nitrogens with one attached hydrogen (secondary N) is 1. The first kappa shape index (κ1) is 14.2. The molecule has 74 valence electrons. The molecule has 0 saturated heterocycles. The molecule has 0 aromatic rings. The van der Waals surface area contributed by atoms with Gasteiger partial charge < -0.3 is 5.32 Å². The Bertz CT molecular complexity index is 119. The van der Waals surface area contributed by atoms with E-state index in [1.54, 1.807) is 0 Å². The average Bonchev–Trinajstić information content (AvgIpc) is 1.86. The molecule has 0 unspecified atom stereocenters. The van der Waals surface area contributed by atoms with E-state index in [0.29, 0.717) is 18.2 Å². The van der Waals surface area contributed by atoms with Crippen molar-refractivity contribution in [2.45, 2.75) is 47.6 Å². The summed E-state index contributed by atoms with van der Waals surface area (Å²) in [5, 5.41) is 3.21. The fraction of sp³-hybridized carbons (Fsp3) is 0.900. The molecule has 0 rings (SSSR count). The molecule has 1 N–H and O–H groups in total. The summed E-state index contributed by atoms with van der Waals surface area (Å²) in [6.07, 6.45) is 0.663. The maximum Gasteiger partial charge on any atom is 0.136 e. The number of carbonyl (C=O) groups is 1. The Kier molecular flexibility index (Phi) is 8.61. The molecule has 0 atom stereocenters. The zero-order valence-corrected chi connectivity index (χ0v) is 7.98. The molecule has 0 aliphatic carbocycles. The number of rotatable bonds is 5. The van der Waals surface area contributed by atoms with E-state index in [1.807, 2.05) is 13.8 Å². The Labute approximate surface area is 76.7 Å². The van der Waals surface area contributed by atoms with Gasteiger partial charge in [0.1, 0.15) is 5.78 Å². The molecule has 0 fully saturated rings. The predicted octanol–water partition coefficient (Wildman–Crippen LogP) is 2.24. The van der Waals surface area contributed by atoms with Gasteiger partial charge in [0.2, 0.25) is 0 Å². The van der Waals surface area contributed by atoms with E-state index < -0.39 is 0 Å². The molecule has 0 aromatic carbocycles. The molecule has 0 aliphatic heterocycles. The first-order valence-corrected chi connectivity index (χ1v) is 4.30. The van der Waals surface area contributed by atoms with Crippen LogP contribution in [0.1, 0.15) is 41.5 Å². The zero-order valence-electron chi connectivity index (χ0n) is 7.98. The second kappa shape index (κ2) is 7.29. The van der Waals surface area contributed by atoms with Crippen LogP contribution in [0.2, 0.25) is 0 Å². The van der Waals surface area contributed by atoms with Crippen molar-refractivity contribution < 1.29 is 4.79 Å². The van der Waals surface area contributed by atoms with Crippen LogP contribution in [0, 0.1) is 5.92 Å². The summed E-state index contributed by atoms with van der Waals surface area (Å²) in [6.45, 7) is 8.86. The lowest BCUT2D eigenvalue weighted by Crippen LogP contribution is -2.26. The van der Waals surface area contributed by atoms with E-state index in [-0.39, 0.29) is 13.3 Å². The quantitative estimate of drug-likeness (QED) is 0.691. The molecule has 2 heteroatoms. The smallest absolute Gasteiger partial charge is 0.136 e. The third kappa shape index (κ3) is 7.73. The van der Waals surface area contributed by atoms with Crippen molar-refractivity contribution in [1.82, 2.24) is 5.32 Å². The SMILES string of the molecule is C.CC(C)NCCC(=O)C(C)C. The number of hydrogen-bond donors (Lipinski definition) is 1. The normalized spacial score (nSPS) is 10.2. The summed E-state index contributed by atoms with van der Waals surface area (Å²) in [5.41, 5.74) is 0. The fourth-order valence-electron chi connectivity index (χ4n) is 0.773. The highest BCUT2D eigenvalue weighted by Gasteiger charge is 2.05. The zero-order chi connectivity index (χ0) is 8.85. The van der Waals surface area contributed by atoms with Gasteiger partial charge in [-0.15, -0.1) is 0 Å². The minimum Gasteiger partial charge on any atom is -0.314 e. The molecule has 0 heterocycles. The van der Waals surface area contributed by atoms with E-state index in [0.717, 1.165) is 6.54 Å². The maximum absolute atomic E-state index is 11.1. The van der Waals surface area contributed by atoms with Gasteiger partial charge in [0.15, 0.2) is 0 Å². The molecule has 0 amide bonds. The van der Waals surface area contributed by atoms with Crippen LogP contribution < -0.4 is 5.32 Å². The van der Waals surface area contributed by atoms with Crippen LogP contribution in [0.5, 0.6) is 0 Å². The Balaban J connectivity index is 0. The molecule has 0 bridgehead atoms. The maximum atomic E-state index is 11.1. The highest BCUT2D eigenvalue weighted by Crippen LogP contribution is 1.97. The Morgan fingerprint density at radius 3 is 2.08 bits per heavy atom. The van der Waals surface area contributed by atoms with E-state index >= 15 is 0 Å². The van der Waals surface area contributed by atoms with Crippen molar-refractivity contribution in [2.24, 2.45) is 5.92 Å². The lowest BCUT2D eigenvalue weighted by Gasteiger charge is -2.08. The molecular formula is C10H23NO. The van der Waals surface area contributed by atoms with E-state index in [1.165, 1.54) is 0 Å². The first-order valence-electron chi connectivity index (χ1n) is 4.30. The second-order valence-electron chi connectivity index (χ2n) is 3.48. The van der Waals surface area contributed by atoms with Crippen LogP contribution >= 0.6 is 0 Å². The molecule has 2 nitrogen and oxygen atoms in total. The lowest BCUT2D eigenvalue weighted by molar-refractivity contribution is -0.121. The third-order valence-electron chi connectivity index (χ3n) is 1.57. The van der Waals surface area contributed by atoms with Crippen molar-refractivity contribution in [2.75, 3.05) is 6.54 Å². The van der Waals surface area contributed by atoms with Crippen LogP contribution in [-0.2, 0) is 4.79 Å². The van der Waals surface area contributed by atoms with Gasteiger partial charge in [-0.25, -0.2) is 0 Å². The second-order valence-corrected chi connectivity index (χ2v) is 3.48. The third-order valence-corrected chi connectivity index (χ3v) is 1.57. The Hall–Kier alpha value is -0.370. The molecule has 0 spiro atoms. The summed E-state index contributed by atoms with van der Waals surface area (Å²) in [6, 6.07) is 0.481. The standard InChI is InChI=1S/C9H19NO.CH4/c1-7(2)9(11)5-6-10-8(3)4;/h7-8,10H,5-6H2,1-4H3;1H4. The largest absolute Gasteiger partial charge is 0.314 e. The van der Waals surface area contributed by atoms with Gasteiger partial charge in [-0.2, -0.15) is 0 Å². The van der Waals surface area contributed by atoms with Crippen molar-refractivity contribution in [1.29, 1.82) is 0 Å². The van der Waals surface area contributed by atoms with E-state index in [4.69, 9.17) is 0 Å². The summed E-state index contributed by atoms with van der Waals surface area (Å²) in [7, 11) is 0. The Morgan fingerprint density at radius 2 is 1.75 bits per heavy atom. The van der Waals surface area contributed by atoms with Gasteiger partial charge in [0, 0.05) is 24.9 Å². The van der Waals surface area contributed by atoms with Gasteiger partial charge >= 0.3 is 0 Å². The molecule has 0 radical (unpaired) electrons. The predicted molar refractivity (Wildman–Crippen MR) is 54.3 cm³/mol. The van der Waals surface area contributed by atoms with Crippen LogP contribution in [0.3, 0.4) is 0 Å². The number of ketones is 1. The minimum absolute atomic E-state index is 0. The topological polar surface area (TPSA) is 29.1 Å². The monoisotopic (exact) mass is 173 g/mol. The van der Waals surface area contributed by atoms with Crippen LogP contribution in [0.15, 0.2) is 0 Å². The number of carbonyl (C=O) groups excluding carboxylic acids is 1. The van der Waals surface area contributed by atoms with Crippen molar-refractivity contribution in [3.05, 3.63) is 0 Å². The van der Waals surface area contributed by atoms with Gasteiger partial charge in [0.05, 0.1) is 0 Å². The lowest BCUT2D eigenvalue weighted by atomic mass is 10.1. The molecule has 0 aromatic heterocycles. The number of Topliss-reactive ketones (excluding diaryl/α,β-unsaturated/α-hetero) is 1. The van der Waals surface area contributed by atoms with Crippen LogP contribution in [-0.4, -0.2) is 18.4 Å². The fourth-order valence-corrected chi connectivity index (χ4v) is 0.773. The molecule has 0 saturated carbocycles. The molecule has 0 aliphatic rings. The highest BCUT2D eigenvalue weighted by molar-refractivity contribution is 5.80. The van der Waals surface area contributed by atoms with Gasteiger partial charge in [-0.1, -0.05) is 35.1 Å². The summed E-state index contributed by atoms with van der Waals surface area (Å²) in [5.74, 6) is 0.530. The Morgan fingerprint density at radius 1 is 1.25 bits per heavy atom. The van der Waals surface area contributed by atoms with E-state index in [2.05, 4.69) is 19.2 Å². The minimum atomic E-state index is 0. The summed E-state index contributed by atoms with van der Waals surface area (Å²) in [4.78, 5) is 11.1. The molecule has 12 heavy (non-hydrogen) atoms. The first-order chi connectivity index (χ1) is 5.04.